The molecule has 2 aromatic rings. The molecule has 0 spiro atoms. The van der Waals surface area contributed by atoms with Gasteiger partial charge in [-0.25, -0.2) is 9.18 Å². The summed E-state index contributed by atoms with van der Waals surface area (Å²) in [4.78, 5) is 10.7. The molecule has 0 heterocycles. The Morgan fingerprint density at radius 3 is 2.60 bits per heavy atom. The lowest BCUT2D eigenvalue weighted by atomic mass is 10.1. The van der Waals surface area contributed by atoms with Crippen LogP contribution in [-0.4, -0.2) is 17.1 Å². The second-order valence-corrected chi connectivity index (χ2v) is 5.00. The quantitative estimate of drug-likeness (QED) is 0.895. The number of halogens is 1. The van der Waals surface area contributed by atoms with E-state index in [1.165, 1.54) is 17.7 Å². The summed E-state index contributed by atoms with van der Waals surface area (Å²) >= 11 is 0. The third-order valence-corrected chi connectivity index (χ3v) is 3.58. The number of anilines is 1. The Morgan fingerprint density at radius 1 is 1.20 bits per heavy atom. The zero-order chi connectivity index (χ0) is 14.1. The van der Waals surface area contributed by atoms with Crippen molar-refractivity contribution in [1.29, 1.82) is 0 Å². The Balaban J connectivity index is 1.70. The van der Waals surface area contributed by atoms with Gasteiger partial charge in [-0.1, -0.05) is 30.3 Å². The average molecular weight is 271 g/mol. The predicted octanol–water partition coefficient (Wildman–Crippen LogP) is 3.49. The van der Waals surface area contributed by atoms with E-state index in [2.05, 4.69) is 17.4 Å². The van der Waals surface area contributed by atoms with Crippen molar-refractivity contribution in [3.05, 3.63) is 65.5 Å². The molecule has 2 aromatic carbocycles. The Morgan fingerprint density at radius 2 is 1.95 bits per heavy atom. The van der Waals surface area contributed by atoms with E-state index in [-0.39, 0.29) is 11.6 Å². The van der Waals surface area contributed by atoms with Crippen LogP contribution in [0.2, 0.25) is 0 Å². The van der Waals surface area contributed by atoms with Crippen LogP contribution in [0.15, 0.2) is 48.5 Å². The number of hydrogen-bond acceptors (Lipinski definition) is 2. The lowest BCUT2D eigenvalue weighted by molar-refractivity contribution is 0.0696. The second kappa shape index (κ2) is 4.96. The van der Waals surface area contributed by atoms with Crippen LogP contribution in [0.25, 0.3) is 0 Å². The molecule has 1 aliphatic carbocycles. The van der Waals surface area contributed by atoms with Crippen molar-refractivity contribution in [2.45, 2.75) is 18.4 Å². The number of carboxylic acid groups (broad SMARTS) is 1. The first-order chi connectivity index (χ1) is 9.65. The zero-order valence-corrected chi connectivity index (χ0v) is 10.7. The van der Waals surface area contributed by atoms with E-state index in [0.29, 0.717) is 11.6 Å². The fourth-order valence-corrected chi connectivity index (χ4v) is 2.39. The fraction of sp³-hybridized carbons (Fsp3) is 0.188. The molecule has 0 aromatic heterocycles. The zero-order valence-electron chi connectivity index (χ0n) is 10.7. The number of rotatable bonds is 4. The van der Waals surface area contributed by atoms with Gasteiger partial charge in [-0.2, -0.15) is 0 Å². The number of carboxylic acids is 1. The molecule has 0 bridgehead atoms. The smallest absolute Gasteiger partial charge is 0.335 e. The van der Waals surface area contributed by atoms with Gasteiger partial charge >= 0.3 is 5.97 Å². The topological polar surface area (TPSA) is 49.3 Å². The van der Waals surface area contributed by atoms with Gasteiger partial charge in [-0.3, -0.25) is 0 Å². The highest BCUT2D eigenvalue weighted by Gasteiger charge is 2.38. The van der Waals surface area contributed by atoms with E-state index < -0.39 is 11.8 Å². The summed E-state index contributed by atoms with van der Waals surface area (Å²) in [7, 11) is 0. The van der Waals surface area contributed by atoms with E-state index in [0.717, 1.165) is 12.5 Å². The van der Waals surface area contributed by atoms with E-state index in [1.807, 2.05) is 18.2 Å². The first kappa shape index (κ1) is 12.7. The number of aromatic carboxylic acids is 1. The normalized spacial score (nSPS) is 20.4. The summed E-state index contributed by atoms with van der Waals surface area (Å²) < 4.78 is 13.8. The van der Waals surface area contributed by atoms with E-state index in [4.69, 9.17) is 5.11 Å². The molecule has 0 aliphatic heterocycles. The van der Waals surface area contributed by atoms with Gasteiger partial charge in [0.25, 0.3) is 0 Å². The molecule has 3 nitrogen and oxygen atoms in total. The van der Waals surface area contributed by atoms with Crippen molar-refractivity contribution in [3.63, 3.8) is 0 Å². The van der Waals surface area contributed by atoms with Gasteiger partial charge in [0, 0.05) is 12.0 Å². The number of carbonyl (C=O) groups is 1. The van der Waals surface area contributed by atoms with Crippen molar-refractivity contribution in [3.8, 4) is 0 Å². The summed E-state index contributed by atoms with van der Waals surface area (Å²) in [6.45, 7) is 0. The molecule has 2 N–H and O–H groups in total. The lowest BCUT2D eigenvalue weighted by Crippen LogP contribution is -2.07. The minimum atomic E-state index is -1.12. The van der Waals surface area contributed by atoms with Crippen molar-refractivity contribution in [1.82, 2.24) is 0 Å². The monoisotopic (exact) mass is 271 g/mol. The van der Waals surface area contributed by atoms with Crippen LogP contribution in [0, 0.1) is 5.82 Å². The van der Waals surface area contributed by atoms with Crippen LogP contribution in [0.5, 0.6) is 0 Å². The lowest BCUT2D eigenvalue weighted by Gasteiger charge is -2.08. The Kier molecular flexibility index (Phi) is 3.14. The van der Waals surface area contributed by atoms with Crippen molar-refractivity contribution in [2.75, 3.05) is 5.32 Å². The maximum Gasteiger partial charge on any atom is 0.335 e. The second-order valence-electron chi connectivity index (χ2n) is 5.00. The summed E-state index contributed by atoms with van der Waals surface area (Å²) in [6.07, 6.45) is 0.962. The van der Waals surface area contributed by atoms with Crippen molar-refractivity contribution in [2.24, 2.45) is 0 Å². The third-order valence-electron chi connectivity index (χ3n) is 3.58. The van der Waals surface area contributed by atoms with Crippen LogP contribution < -0.4 is 5.32 Å². The molecular weight excluding hydrogens is 257 g/mol. The first-order valence-corrected chi connectivity index (χ1v) is 6.49. The molecule has 0 amide bonds. The molecule has 3 rings (SSSR count). The van der Waals surface area contributed by atoms with Crippen LogP contribution >= 0.6 is 0 Å². The molecule has 0 radical (unpaired) electrons. The van der Waals surface area contributed by atoms with Crippen LogP contribution in [0.1, 0.15) is 28.3 Å². The summed E-state index contributed by atoms with van der Waals surface area (Å²) in [5.74, 6) is -1.25. The Bertz CT molecular complexity index is 642. The van der Waals surface area contributed by atoms with Gasteiger partial charge in [0.15, 0.2) is 0 Å². The molecule has 20 heavy (non-hydrogen) atoms. The predicted molar refractivity (Wildman–Crippen MR) is 74.6 cm³/mol. The minimum absolute atomic E-state index is 0.0385. The average Bonchev–Trinajstić information content (AvgIpc) is 3.21. The van der Waals surface area contributed by atoms with Gasteiger partial charge in [0.1, 0.15) is 5.82 Å². The molecule has 1 saturated carbocycles. The van der Waals surface area contributed by atoms with Crippen LogP contribution in [0.4, 0.5) is 10.1 Å². The molecule has 2 atom stereocenters. The molecule has 1 fully saturated rings. The molecular formula is C16H14FNO2. The minimum Gasteiger partial charge on any atom is -0.478 e. The Labute approximate surface area is 116 Å². The molecule has 1 aliphatic rings. The first-order valence-electron chi connectivity index (χ1n) is 6.49. The van der Waals surface area contributed by atoms with E-state index >= 15 is 0 Å². The number of benzene rings is 2. The summed E-state index contributed by atoms with van der Waals surface area (Å²) in [5, 5.41) is 11.9. The maximum absolute atomic E-state index is 13.8. The summed E-state index contributed by atoms with van der Waals surface area (Å²) in [6, 6.07) is 14.2. The van der Waals surface area contributed by atoms with Crippen molar-refractivity contribution < 1.29 is 14.3 Å². The van der Waals surface area contributed by atoms with Crippen LogP contribution in [0.3, 0.4) is 0 Å². The molecule has 102 valence electrons. The highest BCUT2D eigenvalue weighted by molar-refractivity contribution is 5.88. The summed E-state index contributed by atoms with van der Waals surface area (Å²) in [5.41, 5.74) is 1.56. The van der Waals surface area contributed by atoms with Crippen LogP contribution in [-0.2, 0) is 0 Å². The molecule has 0 saturated heterocycles. The van der Waals surface area contributed by atoms with Gasteiger partial charge in [0.05, 0.1) is 11.3 Å². The third kappa shape index (κ3) is 2.50. The molecule has 2 unspecified atom stereocenters. The van der Waals surface area contributed by atoms with Crippen molar-refractivity contribution >= 4 is 11.7 Å². The van der Waals surface area contributed by atoms with E-state index in [9.17, 15) is 9.18 Å². The standard InChI is InChI=1S/C16H14FNO2/c17-13-8-11(16(19)20)6-7-14(13)18-15-9-12(15)10-4-2-1-3-5-10/h1-8,12,15,18H,9H2,(H,19,20). The number of nitrogens with one attached hydrogen (secondary N) is 1. The molecule has 4 heteroatoms. The van der Waals surface area contributed by atoms with Gasteiger partial charge in [0.2, 0.25) is 0 Å². The highest BCUT2D eigenvalue weighted by atomic mass is 19.1. The fourth-order valence-electron chi connectivity index (χ4n) is 2.39. The highest BCUT2D eigenvalue weighted by Crippen LogP contribution is 2.42. The maximum atomic E-state index is 13.8. The van der Waals surface area contributed by atoms with E-state index in [1.54, 1.807) is 0 Å². The largest absolute Gasteiger partial charge is 0.478 e. The SMILES string of the molecule is O=C(O)c1ccc(NC2CC2c2ccccc2)c(F)c1. The number of hydrogen-bond donors (Lipinski definition) is 2. The van der Waals surface area contributed by atoms with Gasteiger partial charge < -0.3 is 10.4 Å². The van der Waals surface area contributed by atoms with Gasteiger partial charge in [-0.05, 0) is 30.2 Å². The Hall–Kier alpha value is -2.36. The van der Waals surface area contributed by atoms with Gasteiger partial charge in [-0.15, -0.1) is 0 Å².